The number of aromatic amines is 1. The first kappa shape index (κ1) is 20.0. The van der Waals surface area contributed by atoms with Crippen LogP contribution in [0.4, 0.5) is 0 Å². The average molecular weight is 443 g/mol. The van der Waals surface area contributed by atoms with Crippen LogP contribution in [-0.4, -0.2) is 38.7 Å². The third kappa shape index (κ3) is 3.67. The fourth-order valence-electron chi connectivity index (χ4n) is 4.96. The number of benzene rings is 2. The Balaban J connectivity index is 1.25. The molecule has 7 heteroatoms. The van der Waals surface area contributed by atoms with Gasteiger partial charge < -0.3 is 9.32 Å². The second-order valence-corrected chi connectivity index (χ2v) is 9.38. The van der Waals surface area contributed by atoms with Gasteiger partial charge in [0.05, 0.1) is 6.26 Å². The number of carbonyl (C=O) groups excluding carboxylic acids is 1. The number of H-pyrrole nitrogens is 1. The van der Waals surface area contributed by atoms with Crippen molar-refractivity contribution in [1.29, 1.82) is 0 Å². The molecule has 1 saturated heterocycles. The molecule has 33 heavy (non-hydrogen) atoms. The summed E-state index contributed by atoms with van der Waals surface area (Å²) in [6, 6.07) is 14.4. The van der Waals surface area contributed by atoms with Crippen LogP contribution in [0.1, 0.15) is 24.8 Å². The van der Waals surface area contributed by atoms with Gasteiger partial charge in [-0.05, 0) is 67.0 Å². The minimum Gasteiger partial charge on any atom is -0.464 e. The summed E-state index contributed by atoms with van der Waals surface area (Å²) in [6.45, 7) is 4.12. The van der Waals surface area contributed by atoms with Gasteiger partial charge in [0.25, 0.3) is 0 Å². The van der Waals surface area contributed by atoms with E-state index < -0.39 is 0 Å². The number of nitrogens with zero attached hydrogens (tertiary/aromatic N) is 3. The quantitative estimate of drug-likeness (QED) is 0.502. The summed E-state index contributed by atoms with van der Waals surface area (Å²) in [5.74, 6) is 1.45. The smallest absolute Gasteiger partial charge is 0.343 e. The van der Waals surface area contributed by atoms with Crippen LogP contribution in [-0.2, 0) is 11.3 Å². The number of fused-ring (bicyclic) bond motifs is 1. The lowest BCUT2D eigenvalue weighted by molar-refractivity contribution is -0.131. The third-order valence-corrected chi connectivity index (χ3v) is 6.98. The second-order valence-electron chi connectivity index (χ2n) is 9.38. The minimum absolute atomic E-state index is 0.203. The molecule has 4 aromatic rings. The number of aromatic nitrogens is 3. The summed E-state index contributed by atoms with van der Waals surface area (Å²) < 4.78 is 7.18. The van der Waals surface area contributed by atoms with Gasteiger partial charge in [-0.3, -0.25) is 9.36 Å². The molecule has 0 unspecified atom stereocenters. The van der Waals surface area contributed by atoms with Crippen LogP contribution in [0.25, 0.3) is 33.5 Å². The Hall–Kier alpha value is -3.61. The molecular weight excluding hydrogens is 416 g/mol. The Labute approximate surface area is 191 Å². The average Bonchev–Trinajstić information content (AvgIpc) is 3.21. The van der Waals surface area contributed by atoms with Crippen molar-refractivity contribution in [3.8, 4) is 22.5 Å². The van der Waals surface area contributed by atoms with Crippen molar-refractivity contribution in [2.75, 3.05) is 13.1 Å². The first-order valence-corrected chi connectivity index (χ1v) is 11.6. The molecule has 1 aliphatic carbocycles. The highest BCUT2D eigenvalue weighted by molar-refractivity contribution is 5.84. The molecule has 2 aromatic carbocycles. The molecule has 1 saturated carbocycles. The third-order valence-electron chi connectivity index (χ3n) is 6.98. The number of hydrogen-bond acceptors (Lipinski definition) is 4. The normalized spacial score (nSPS) is 18.3. The largest absolute Gasteiger partial charge is 0.464 e. The Morgan fingerprint density at radius 1 is 1.12 bits per heavy atom. The number of carbonyl (C=O) groups is 1. The summed E-state index contributed by atoms with van der Waals surface area (Å²) in [4.78, 5) is 27.0. The fourth-order valence-corrected chi connectivity index (χ4v) is 4.96. The molecule has 2 aromatic heterocycles. The van der Waals surface area contributed by atoms with E-state index in [0.717, 1.165) is 65.6 Å². The van der Waals surface area contributed by atoms with Gasteiger partial charge >= 0.3 is 5.69 Å². The minimum atomic E-state index is -0.203. The number of hydrogen-bond donors (Lipinski definition) is 1. The number of likely N-dealkylation sites (tertiary alicyclic amines) is 1. The number of amides is 1. The topological polar surface area (TPSA) is 84.1 Å². The Kier molecular flexibility index (Phi) is 4.71. The molecular formula is C26H26N4O3. The van der Waals surface area contributed by atoms with Crippen LogP contribution >= 0.6 is 0 Å². The Morgan fingerprint density at radius 3 is 2.76 bits per heavy atom. The number of aryl methyl sites for hydroxylation is 1. The molecule has 0 radical (unpaired) electrons. The molecule has 168 valence electrons. The molecule has 1 amide bonds. The molecule has 1 aliphatic heterocycles. The van der Waals surface area contributed by atoms with Gasteiger partial charge in [0.15, 0.2) is 5.82 Å². The second kappa shape index (κ2) is 7.76. The molecule has 1 atom stereocenters. The van der Waals surface area contributed by atoms with Crippen LogP contribution in [0.5, 0.6) is 0 Å². The Morgan fingerprint density at radius 2 is 1.94 bits per heavy atom. The van der Waals surface area contributed by atoms with Crippen molar-refractivity contribution < 1.29 is 9.21 Å². The summed E-state index contributed by atoms with van der Waals surface area (Å²) in [7, 11) is 0. The van der Waals surface area contributed by atoms with Crippen molar-refractivity contribution in [1.82, 2.24) is 19.7 Å². The van der Waals surface area contributed by atoms with Gasteiger partial charge in [-0.2, -0.15) is 5.10 Å². The summed E-state index contributed by atoms with van der Waals surface area (Å²) in [5, 5.41) is 8.05. The van der Waals surface area contributed by atoms with Crippen LogP contribution in [0.15, 0.2) is 57.9 Å². The standard InChI is InChI=1S/C26H26N4O3/c1-16-12-19(20-5-7-23-21(13-20)9-11-33-23)4-6-22(16)24-27-28-26(32)30(24)15-17-8-10-29(14-17)25(31)18-2-3-18/h4-7,9,11-13,17-18H,2-3,8,10,14-15H2,1H3,(H,28,32)/t17-/m1/s1. The molecule has 2 fully saturated rings. The number of rotatable bonds is 5. The lowest BCUT2D eigenvalue weighted by atomic mass is 9.98. The van der Waals surface area contributed by atoms with Crippen molar-refractivity contribution in [2.24, 2.45) is 11.8 Å². The van der Waals surface area contributed by atoms with Gasteiger partial charge in [0.2, 0.25) is 5.91 Å². The zero-order valence-electron chi connectivity index (χ0n) is 18.6. The van der Waals surface area contributed by atoms with Gasteiger partial charge in [-0.15, -0.1) is 0 Å². The summed E-state index contributed by atoms with van der Waals surface area (Å²) in [6.07, 6.45) is 4.67. The van der Waals surface area contributed by atoms with E-state index in [2.05, 4.69) is 34.5 Å². The highest BCUT2D eigenvalue weighted by Gasteiger charge is 2.36. The molecule has 2 aliphatic rings. The zero-order valence-corrected chi connectivity index (χ0v) is 18.6. The van der Waals surface area contributed by atoms with E-state index in [4.69, 9.17) is 4.42 Å². The Bertz CT molecular complexity index is 1410. The van der Waals surface area contributed by atoms with E-state index in [1.807, 2.05) is 30.0 Å². The van der Waals surface area contributed by atoms with E-state index in [0.29, 0.717) is 12.4 Å². The maximum Gasteiger partial charge on any atom is 0.343 e. The molecule has 0 spiro atoms. The van der Waals surface area contributed by atoms with E-state index in [1.54, 1.807) is 10.8 Å². The predicted octanol–water partition coefficient (Wildman–Crippen LogP) is 4.22. The molecule has 3 heterocycles. The van der Waals surface area contributed by atoms with Crippen LogP contribution < -0.4 is 5.69 Å². The van der Waals surface area contributed by atoms with Gasteiger partial charge in [0.1, 0.15) is 5.58 Å². The van der Waals surface area contributed by atoms with Crippen LogP contribution in [0.3, 0.4) is 0 Å². The number of nitrogens with one attached hydrogen (secondary N) is 1. The predicted molar refractivity (Wildman–Crippen MR) is 126 cm³/mol. The first-order valence-electron chi connectivity index (χ1n) is 11.6. The van der Waals surface area contributed by atoms with E-state index in [9.17, 15) is 9.59 Å². The lowest BCUT2D eigenvalue weighted by Gasteiger charge is -2.17. The van der Waals surface area contributed by atoms with Gasteiger partial charge in [0, 0.05) is 36.5 Å². The summed E-state index contributed by atoms with van der Waals surface area (Å²) in [5.41, 5.74) is 4.88. The molecule has 0 bridgehead atoms. The summed E-state index contributed by atoms with van der Waals surface area (Å²) >= 11 is 0. The molecule has 6 rings (SSSR count). The van der Waals surface area contributed by atoms with Crippen molar-refractivity contribution in [2.45, 2.75) is 32.7 Å². The van der Waals surface area contributed by atoms with Crippen LogP contribution in [0.2, 0.25) is 0 Å². The molecule has 7 nitrogen and oxygen atoms in total. The lowest BCUT2D eigenvalue weighted by Crippen LogP contribution is -2.31. The fraction of sp³-hybridized carbons (Fsp3) is 0.346. The van der Waals surface area contributed by atoms with Crippen molar-refractivity contribution in [3.63, 3.8) is 0 Å². The maximum absolute atomic E-state index is 12.6. The first-order chi connectivity index (χ1) is 16.1. The van der Waals surface area contributed by atoms with Gasteiger partial charge in [-0.25, -0.2) is 9.89 Å². The van der Waals surface area contributed by atoms with Crippen molar-refractivity contribution in [3.05, 3.63) is 64.8 Å². The maximum atomic E-state index is 12.6. The van der Waals surface area contributed by atoms with E-state index in [1.165, 1.54) is 0 Å². The van der Waals surface area contributed by atoms with E-state index in [-0.39, 0.29) is 23.4 Å². The highest BCUT2D eigenvalue weighted by atomic mass is 16.3. The van der Waals surface area contributed by atoms with E-state index >= 15 is 0 Å². The van der Waals surface area contributed by atoms with Gasteiger partial charge in [-0.1, -0.05) is 24.3 Å². The van der Waals surface area contributed by atoms with Crippen LogP contribution in [0, 0.1) is 18.8 Å². The molecule has 1 N–H and O–H groups in total. The number of furan rings is 1. The monoisotopic (exact) mass is 442 g/mol. The SMILES string of the molecule is Cc1cc(-c2ccc3occc3c2)ccc1-c1n[nH]c(=O)n1C[C@@H]1CCN(C(=O)C2CC2)C1. The highest BCUT2D eigenvalue weighted by Crippen LogP contribution is 2.34. The van der Waals surface area contributed by atoms with Crippen molar-refractivity contribution >= 4 is 16.9 Å². The zero-order chi connectivity index (χ0) is 22.5.